The Kier molecular flexibility index (Phi) is 4.03. The molecule has 0 atom stereocenters. The number of benzene rings is 2. The summed E-state index contributed by atoms with van der Waals surface area (Å²) in [5.41, 5.74) is 9.29. The summed E-state index contributed by atoms with van der Waals surface area (Å²) in [7, 11) is 0. The molecule has 0 fully saturated rings. The number of hydrogen-bond acceptors (Lipinski definition) is 1. The first-order valence-electron chi connectivity index (χ1n) is 9.94. The summed E-state index contributed by atoms with van der Waals surface area (Å²) >= 11 is 0. The predicted molar refractivity (Wildman–Crippen MR) is 115 cm³/mol. The number of aromatic nitrogens is 1. The van der Waals surface area contributed by atoms with E-state index < -0.39 is 0 Å². The van der Waals surface area contributed by atoms with Gasteiger partial charge in [-0.15, -0.1) is 0 Å². The third-order valence-electron chi connectivity index (χ3n) is 6.89. The van der Waals surface area contributed by atoms with Gasteiger partial charge in [-0.05, 0) is 62.8 Å². The van der Waals surface area contributed by atoms with Crippen molar-refractivity contribution in [3.63, 3.8) is 0 Å². The van der Waals surface area contributed by atoms with Gasteiger partial charge in [-0.1, -0.05) is 77.9 Å². The molecule has 3 aromatic rings. The van der Waals surface area contributed by atoms with Crippen LogP contribution in [0.1, 0.15) is 64.2 Å². The smallest absolute Gasteiger partial charge is 0.0705 e. The molecule has 1 heteroatoms. The third kappa shape index (κ3) is 2.64. The van der Waals surface area contributed by atoms with Crippen molar-refractivity contribution < 1.29 is 0 Å². The van der Waals surface area contributed by atoms with Gasteiger partial charge in [0.25, 0.3) is 0 Å². The standard InChI is InChI=1S/C26H29N/c1-17(2)18-13-14-27-24(16-18)19-11-12-23-21(15-19)20-9-7-8-10-22(20)25(3,4)26(23,5)6/h7-17H,1-6H3. The number of fused-ring (bicyclic) bond motifs is 3. The SMILES string of the molecule is CC(C)c1ccnc(-c2ccc3c(c2)-c2ccccc2C(C)(C)C3(C)C)c1. The normalized spacial score (nSPS) is 16.7. The summed E-state index contributed by atoms with van der Waals surface area (Å²) in [6.07, 6.45) is 1.94. The minimum absolute atomic E-state index is 0.0580. The highest BCUT2D eigenvalue weighted by atomic mass is 14.7. The van der Waals surface area contributed by atoms with Crippen LogP contribution in [0.2, 0.25) is 0 Å². The lowest BCUT2D eigenvalue weighted by Gasteiger charge is -2.48. The number of pyridine rings is 1. The molecule has 4 rings (SSSR count). The molecule has 0 aliphatic heterocycles. The van der Waals surface area contributed by atoms with E-state index in [2.05, 4.69) is 101 Å². The quantitative estimate of drug-likeness (QED) is 0.477. The molecule has 27 heavy (non-hydrogen) atoms. The molecule has 0 unspecified atom stereocenters. The topological polar surface area (TPSA) is 12.9 Å². The third-order valence-corrected chi connectivity index (χ3v) is 6.89. The lowest BCUT2D eigenvalue weighted by Crippen LogP contribution is -2.43. The minimum Gasteiger partial charge on any atom is -0.256 e. The van der Waals surface area contributed by atoms with Crippen molar-refractivity contribution in [2.45, 2.75) is 58.3 Å². The summed E-state index contributed by atoms with van der Waals surface area (Å²) in [6, 6.07) is 20.2. The highest BCUT2D eigenvalue weighted by Crippen LogP contribution is 2.54. The van der Waals surface area contributed by atoms with Crippen LogP contribution in [0.3, 0.4) is 0 Å². The molecule has 2 aromatic carbocycles. The maximum Gasteiger partial charge on any atom is 0.0705 e. The first-order chi connectivity index (χ1) is 12.7. The summed E-state index contributed by atoms with van der Waals surface area (Å²) in [5.74, 6) is 0.504. The largest absolute Gasteiger partial charge is 0.256 e. The molecule has 0 N–H and O–H groups in total. The molecule has 1 aliphatic carbocycles. The van der Waals surface area contributed by atoms with Crippen molar-refractivity contribution in [3.05, 3.63) is 77.5 Å². The number of hydrogen-bond donors (Lipinski definition) is 0. The van der Waals surface area contributed by atoms with Gasteiger partial charge in [-0.2, -0.15) is 0 Å². The van der Waals surface area contributed by atoms with Gasteiger partial charge in [0, 0.05) is 11.8 Å². The number of rotatable bonds is 2. The Bertz CT molecular complexity index is 1010. The van der Waals surface area contributed by atoms with Crippen LogP contribution in [0.4, 0.5) is 0 Å². The lowest BCUT2D eigenvalue weighted by molar-refractivity contribution is 0.299. The Morgan fingerprint density at radius 3 is 2.11 bits per heavy atom. The molecule has 0 spiro atoms. The molecule has 0 saturated heterocycles. The molecule has 0 bridgehead atoms. The molecule has 1 aromatic heterocycles. The summed E-state index contributed by atoms with van der Waals surface area (Å²) in [6.45, 7) is 13.9. The zero-order valence-electron chi connectivity index (χ0n) is 17.3. The average molecular weight is 356 g/mol. The highest BCUT2D eigenvalue weighted by Gasteiger charge is 2.45. The van der Waals surface area contributed by atoms with Crippen molar-refractivity contribution in [3.8, 4) is 22.4 Å². The average Bonchev–Trinajstić information content (AvgIpc) is 2.66. The van der Waals surface area contributed by atoms with E-state index in [0.29, 0.717) is 5.92 Å². The van der Waals surface area contributed by atoms with Gasteiger partial charge in [-0.25, -0.2) is 0 Å². The van der Waals surface area contributed by atoms with Crippen molar-refractivity contribution in [1.29, 1.82) is 0 Å². The Morgan fingerprint density at radius 1 is 0.741 bits per heavy atom. The van der Waals surface area contributed by atoms with Crippen LogP contribution in [0.25, 0.3) is 22.4 Å². The highest BCUT2D eigenvalue weighted by molar-refractivity contribution is 5.81. The van der Waals surface area contributed by atoms with Crippen LogP contribution in [0, 0.1) is 0 Å². The maximum atomic E-state index is 4.66. The second-order valence-corrected chi connectivity index (χ2v) is 9.19. The minimum atomic E-state index is 0.0580. The molecule has 1 heterocycles. The van der Waals surface area contributed by atoms with Crippen LogP contribution >= 0.6 is 0 Å². The van der Waals surface area contributed by atoms with E-state index in [4.69, 9.17) is 0 Å². The van der Waals surface area contributed by atoms with Crippen molar-refractivity contribution in [2.75, 3.05) is 0 Å². The molecule has 1 aliphatic rings. The molecular formula is C26H29N. The van der Waals surface area contributed by atoms with E-state index in [9.17, 15) is 0 Å². The van der Waals surface area contributed by atoms with Gasteiger partial charge < -0.3 is 0 Å². The molecule has 0 amide bonds. The monoisotopic (exact) mass is 355 g/mol. The van der Waals surface area contributed by atoms with Crippen molar-refractivity contribution >= 4 is 0 Å². The van der Waals surface area contributed by atoms with Crippen LogP contribution < -0.4 is 0 Å². The van der Waals surface area contributed by atoms with Gasteiger partial charge in [-0.3, -0.25) is 4.98 Å². The van der Waals surface area contributed by atoms with E-state index >= 15 is 0 Å². The second-order valence-electron chi connectivity index (χ2n) is 9.19. The van der Waals surface area contributed by atoms with Crippen LogP contribution in [0.15, 0.2) is 60.8 Å². The Balaban J connectivity index is 1.94. The van der Waals surface area contributed by atoms with Gasteiger partial charge in [0.2, 0.25) is 0 Å². The van der Waals surface area contributed by atoms with Gasteiger partial charge >= 0.3 is 0 Å². The Hall–Kier alpha value is -2.41. The molecule has 0 radical (unpaired) electrons. The zero-order valence-corrected chi connectivity index (χ0v) is 17.3. The van der Waals surface area contributed by atoms with Crippen molar-refractivity contribution in [1.82, 2.24) is 4.98 Å². The van der Waals surface area contributed by atoms with Gasteiger partial charge in [0.15, 0.2) is 0 Å². The van der Waals surface area contributed by atoms with Crippen LogP contribution in [-0.4, -0.2) is 4.98 Å². The van der Waals surface area contributed by atoms with Gasteiger partial charge in [0.05, 0.1) is 5.69 Å². The first-order valence-corrected chi connectivity index (χ1v) is 9.94. The molecule has 138 valence electrons. The van der Waals surface area contributed by atoms with E-state index in [1.807, 2.05) is 6.20 Å². The van der Waals surface area contributed by atoms with Crippen LogP contribution in [0.5, 0.6) is 0 Å². The fourth-order valence-corrected chi connectivity index (χ4v) is 4.37. The fourth-order valence-electron chi connectivity index (χ4n) is 4.37. The van der Waals surface area contributed by atoms with E-state index in [-0.39, 0.29) is 10.8 Å². The molecular weight excluding hydrogens is 326 g/mol. The van der Waals surface area contributed by atoms with E-state index in [0.717, 1.165) is 5.69 Å². The van der Waals surface area contributed by atoms with E-state index in [1.165, 1.54) is 33.4 Å². The molecule has 1 nitrogen and oxygen atoms in total. The van der Waals surface area contributed by atoms with Gasteiger partial charge in [0.1, 0.15) is 0 Å². The number of nitrogens with zero attached hydrogens (tertiary/aromatic N) is 1. The van der Waals surface area contributed by atoms with E-state index in [1.54, 1.807) is 0 Å². The van der Waals surface area contributed by atoms with Crippen LogP contribution in [-0.2, 0) is 10.8 Å². The summed E-state index contributed by atoms with van der Waals surface area (Å²) in [5, 5.41) is 0. The Morgan fingerprint density at radius 2 is 1.41 bits per heavy atom. The molecule has 0 saturated carbocycles. The lowest BCUT2D eigenvalue weighted by atomic mass is 9.55. The zero-order chi connectivity index (χ0) is 19.4. The second kappa shape index (κ2) is 6.05. The predicted octanol–water partition coefficient (Wildman–Crippen LogP) is 7.11. The maximum absolute atomic E-state index is 4.66. The summed E-state index contributed by atoms with van der Waals surface area (Å²) < 4.78 is 0. The fraction of sp³-hybridized carbons (Fsp3) is 0.346. The summed E-state index contributed by atoms with van der Waals surface area (Å²) in [4.78, 5) is 4.66. The van der Waals surface area contributed by atoms with Crippen molar-refractivity contribution in [2.24, 2.45) is 0 Å². The first kappa shape index (κ1) is 18.0. The Labute approximate surface area is 163 Å².